The van der Waals surface area contributed by atoms with Gasteiger partial charge < -0.3 is 15.0 Å². The summed E-state index contributed by atoms with van der Waals surface area (Å²) in [6, 6.07) is 10.1. The number of carbonyl (C=O) groups is 2. The number of amides is 2. The highest BCUT2D eigenvalue weighted by Crippen LogP contribution is 2.26. The Balaban J connectivity index is 1.84. The summed E-state index contributed by atoms with van der Waals surface area (Å²) in [7, 11) is 1.70. The molecule has 6 heteroatoms. The summed E-state index contributed by atoms with van der Waals surface area (Å²) >= 11 is 0. The van der Waals surface area contributed by atoms with Crippen molar-refractivity contribution in [1.29, 1.82) is 0 Å². The van der Waals surface area contributed by atoms with Gasteiger partial charge in [0.2, 0.25) is 0 Å². The molecule has 0 fully saturated rings. The summed E-state index contributed by atoms with van der Waals surface area (Å²) in [5.74, 6) is -0.438. The zero-order valence-electron chi connectivity index (χ0n) is 12.5. The quantitative estimate of drug-likeness (QED) is 0.927. The van der Waals surface area contributed by atoms with Crippen molar-refractivity contribution in [3.05, 3.63) is 59.4 Å². The Morgan fingerprint density at radius 2 is 1.96 bits per heavy atom. The van der Waals surface area contributed by atoms with Gasteiger partial charge in [-0.1, -0.05) is 0 Å². The van der Waals surface area contributed by atoms with Gasteiger partial charge in [0.1, 0.15) is 18.2 Å². The number of carbonyl (C=O) groups excluding carboxylic acids is 2. The van der Waals surface area contributed by atoms with Gasteiger partial charge in [-0.05, 0) is 42.5 Å². The molecule has 0 unspecified atom stereocenters. The monoisotopic (exact) mass is 314 g/mol. The van der Waals surface area contributed by atoms with Crippen LogP contribution in [0.4, 0.5) is 10.1 Å². The van der Waals surface area contributed by atoms with Gasteiger partial charge in [-0.2, -0.15) is 0 Å². The standard InChI is InChI=1S/C17H15FN2O3/c1-20-8-9-23-15-7-6-13(10-14(15)17(20)22)19-16(21)11-2-4-12(18)5-3-11/h2-7,10H,8-9H2,1H3,(H,19,21). The summed E-state index contributed by atoms with van der Waals surface area (Å²) in [6.07, 6.45) is 0. The lowest BCUT2D eigenvalue weighted by Crippen LogP contribution is -2.27. The molecule has 0 atom stereocenters. The Morgan fingerprint density at radius 3 is 2.70 bits per heavy atom. The Morgan fingerprint density at radius 1 is 1.22 bits per heavy atom. The third-order valence-corrected chi connectivity index (χ3v) is 3.61. The SMILES string of the molecule is CN1CCOc2ccc(NC(=O)c3ccc(F)cc3)cc2C1=O. The van der Waals surface area contributed by atoms with Crippen molar-refractivity contribution in [3.63, 3.8) is 0 Å². The van der Waals surface area contributed by atoms with Crippen LogP contribution < -0.4 is 10.1 Å². The molecule has 1 heterocycles. The number of ether oxygens (including phenoxy) is 1. The van der Waals surface area contributed by atoms with Crippen LogP contribution in [-0.4, -0.2) is 36.9 Å². The molecule has 1 aliphatic rings. The second-order valence-electron chi connectivity index (χ2n) is 5.25. The van der Waals surface area contributed by atoms with Crippen molar-refractivity contribution in [3.8, 4) is 5.75 Å². The number of hydrogen-bond acceptors (Lipinski definition) is 3. The molecule has 0 radical (unpaired) electrons. The van der Waals surface area contributed by atoms with E-state index >= 15 is 0 Å². The van der Waals surface area contributed by atoms with Crippen molar-refractivity contribution < 1.29 is 18.7 Å². The fourth-order valence-electron chi connectivity index (χ4n) is 2.30. The van der Waals surface area contributed by atoms with Crippen LogP contribution in [-0.2, 0) is 0 Å². The number of halogens is 1. The minimum absolute atomic E-state index is 0.157. The highest BCUT2D eigenvalue weighted by Gasteiger charge is 2.21. The number of anilines is 1. The molecule has 23 heavy (non-hydrogen) atoms. The fraction of sp³-hybridized carbons (Fsp3) is 0.176. The first-order chi connectivity index (χ1) is 11.0. The van der Waals surface area contributed by atoms with E-state index < -0.39 is 5.82 Å². The van der Waals surface area contributed by atoms with Gasteiger partial charge in [-0.15, -0.1) is 0 Å². The lowest BCUT2D eigenvalue weighted by Gasteiger charge is -2.13. The normalized spacial score (nSPS) is 13.8. The van der Waals surface area contributed by atoms with Crippen molar-refractivity contribution in [2.45, 2.75) is 0 Å². The molecule has 2 aromatic rings. The van der Waals surface area contributed by atoms with Crippen LogP contribution >= 0.6 is 0 Å². The Kier molecular flexibility index (Phi) is 3.97. The molecule has 2 amide bonds. The van der Waals surface area contributed by atoms with Gasteiger partial charge in [-0.25, -0.2) is 4.39 Å². The largest absolute Gasteiger partial charge is 0.491 e. The lowest BCUT2D eigenvalue weighted by atomic mass is 10.1. The number of hydrogen-bond donors (Lipinski definition) is 1. The summed E-state index contributed by atoms with van der Waals surface area (Å²) < 4.78 is 18.4. The molecule has 0 saturated carbocycles. The number of fused-ring (bicyclic) bond motifs is 1. The van der Waals surface area contributed by atoms with Crippen molar-refractivity contribution in [1.82, 2.24) is 4.90 Å². The highest BCUT2D eigenvalue weighted by molar-refractivity contribution is 6.05. The lowest BCUT2D eigenvalue weighted by molar-refractivity contribution is 0.0796. The number of likely N-dealkylation sites (N-methyl/N-ethyl adjacent to an activating group) is 1. The summed E-state index contributed by atoms with van der Waals surface area (Å²) in [5.41, 5.74) is 1.22. The second-order valence-corrected chi connectivity index (χ2v) is 5.25. The first-order valence-corrected chi connectivity index (χ1v) is 7.14. The van der Waals surface area contributed by atoms with Gasteiger partial charge in [0, 0.05) is 18.3 Å². The maximum Gasteiger partial charge on any atom is 0.257 e. The van der Waals surface area contributed by atoms with E-state index in [0.717, 1.165) is 0 Å². The van der Waals surface area contributed by atoms with Crippen LogP contribution in [0.1, 0.15) is 20.7 Å². The van der Waals surface area contributed by atoms with E-state index in [1.165, 1.54) is 24.3 Å². The van der Waals surface area contributed by atoms with Gasteiger partial charge in [-0.3, -0.25) is 9.59 Å². The molecule has 0 spiro atoms. The average Bonchev–Trinajstić information content (AvgIpc) is 2.68. The zero-order chi connectivity index (χ0) is 16.4. The maximum atomic E-state index is 12.9. The molecule has 1 N–H and O–H groups in total. The molecular weight excluding hydrogens is 299 g/mol. The van der Waals surface area contributed by atoms with E-state index in [4.69, 9.17) is 4.74 Å². The van der Waals surface area contributed by atoms with Crippen LogP contribution in [0, 0.1) is 5.82 Å². The van der Waals surface area contributed by atoms with Crippen LogP contribution in [0.2, 0.25) is 0 Å². The molecule has 5 nitrogen and oxygen atoms in total. The molecule has 0 aliphatic carbocycles. The predicted octanol–water partition coefficient (Wildman–Crippen LogP) is 2.54. The molecular formula is C17H15FN2O3. The molecule has 2 aromatic carbocycles. The number of nitrogens with zero attached hydrogens (tertiary/aromatic N) is 1. The van der Waals surface area contributed by atoms with E-state index in [0.29, 0.717) is 35.7 Å². The molecule has 118 valence electrons. The summed E-state index contributed by atoms with van der Waals surface area (Å²) in [4.78, 5) is 26.0. The van der Waals surface area contributed by atoms with Crippen LogP contribution in [0.5, 0.6) is 5.75 Å². The molecule has 0 bridgehead atoms. The topological polar surface area (TPSA) is 58.6 Å². The van der Waals surface area contributed by atoms with Crippen molar-refractivity contribution in [2.75, 3.05) is 25.5 Å². The van der Waals surface area contributed by atoms with Crippen molar-refractivity contribution >= 4 is 17.5 Å². The summed E-state index contributed by atoms with van der Waals surface area (Å²) in [5, 5.41) is 2.70. The second kappa shape index (κ2) is 6.08. The predicted molar refractivity (Wildman–Crippen MR) is 83.3 cm³/mol. The van der Waals surface area contributed by atoms with Crippen LogP contribution in [0.3, 0.4) is 0 Å². The molecule has 0 aromatic heterocycles. The Bertz CT molecular complexity index is 759. The molecule has 0 saturated heterocycles. The van der Waals surface area contributed by atoms with E-state index in [-0.39, 0.29) is 11.8 Å². The van der Waals surface area contributed by atoms with Crippen LogP contribution in [0.25, 0.3) is 0 Å². The van der Waals surface area contributed by atoms with Gasteiger partial charge >= 0.3 is 0 Å². The van der Waals surface area contributed by atoms with Gasteiger partial charge in [0.25, 0.3) is 11.8 Å². The summed E-state index contributed by atoms with van der Waals surface area (Å²) in [6.45, 7) is 0.932. The number of rotatable bonds is 2. The van der Waals surface area contributed by atoms with E-state index in [9.17, 15) is 14.0 Å². The third kappa shape index (κ3) is 3.15. The molecule has 3 rings (SSSR count). The number of nitrogens with one attached hydrogen (secondary N) is 1. The average molecular weight is 314 g/mol. The smallest absolute Gasteiger partial charge is 0.257 e. The minimum Gasteiger partial charge on any atom is -0.491 e. The first-order valence-electron chi connectivity index (χ1n) is 7.14. The Labute approximate surface area is 132 Å². The number of benzene rings is 2. The highest BCUT2D eigenvalue weighted by atomic mass is 19.1. The van der Waals surface area contributed by atoms with Crippen molar-refractivity contribution in [2.24, 2.45) is 0 Å². The Hall–Kier alpha value is -2.89. The van der Waals surface area contributed by atoms with Gasteiger partial charge in [0.15, 0.2) is 0 Å². The molecule has 1 aliphatic heterocycles. The van der Waals surface area contributed by atoms with Crippen LogP contribution in [0.15, 0.2) is 42.5 Å². The first kappa shape index (κ1) is 15.0. The third-order valence-electron chi connectivity index (χ3n) is 3.61. The zero-order valence-corrected chi connectivity index (χ0v) is 12.5. The maximum absolute atomic E-state index is 12.9. The van der Waals surface area contributed by atoms with E-state index in [1.807, 2.05) is 0 Å². The minimum atomic E-state index is -0.405. The van der Waals surface area contributed by atoms with E-state index in [1.54, 1.807) is 30.1 Å². The fourth-order valence-corrected chi connectivity index (χ4v) is 2.30. The van der Waals surface area contributed by atoms with Gasteiger partial charge in [0.05, 0.1) is 12.1 Å². The van der Waals surface area contributed by atoms with E-state index in [2.05, 4.69) is 5.32 Å².